The van der Waals surface area contributed by atoms with Crippen LogP contribution in [0.2, 0.25) is 0 Å². The fourth-order valence-electron chi connectivity index (χ4n) is 4.14. The van der Waals surface area contributed by atoms with E-state index >= 15 is 0 Å². The zero-order valence-corrected chi connectivity index (χ0v) is 18.7. The number of amides is 1. The summed E-state index contributed by atoms with van der Waals surface area (Å²) >= 11 is 0. The standard InChI is InChI=1S/C21H32FN3O2.2ClH/c1-16(18-3-2-8-23-14-18)13-21(26)24-15-20(25-9-11-27-12-10-25)17-4-6-19(22)7-5-17;;/h4-7,16,18,20,23H,2-3,8-15H2,1H3,(H,24,26);2*1H. The van der Waals surface area contributed by atoms with Gasteiger partial charge in [0.25, 0.3) is 0 Å². The maximum absolute atomic E-state index is 13.3. The minimum atomic E-state index is -0.238. The van der Waals surface area contributed by atoms with E-state index in [0.717, 1.165) is 31.7 Å². The monoisotopic (exact) mass is 449 g/mol. The molecule has 3 unspecified atom stereocenters. The van der Waals surface area contributed by atoms with Crippen molar-refractivity contribution in [2.24, 2.45) is 11.8 Å². The summed E-state index contributed by atoms with van der Waals surface area (Å²) in [5.74, 6) is 0.828. The largest absolute Gasteiger partial charge is 0.379 e. The van der Waals surface area contributed by atoms with Crippen molar-refractivity contribution in [3.8, 4) is 0 Å². The zero-order valence-electron chi connectivity index (χ0n) is 17.1. The van der Waals surface area contributed by atoms with E-state index < -0.39 is 0 Å². The molecule has 5 nitrogen and oxygen atoms in total. The molecular weight excluding hydrogens is 416 g/mol. The van der Waals surface area contributed by atoms with E-state index in [0.29, 0.717) is 38.0 Å². The molecule has 8 heteroatoms. The van der Waals surface area contributed by atoms with Gasteiger partial charge in [0.15, 0.2) is 0 Å². The highest BCUT2D eigenvalue weighted by molar-refractivity contribution is 5.85. The number of hydrogen-bond acceptors (Lipinski definition) is 4. The van der Waals surface area contributed by atoms with Crippen molar-refractivity contribution in [1.29, 1.82) is 0 Å². The summed E-state index contributed by atoms with van der Waals surface area (Å²) in [4.78, 5) is 14.8. The third-order valence-corrected chi connectivity index (χ3v) is 5.88. The van der Waals surface area contributed by atoms with Crippen LogP contribution < -0.4 is 10.6 Å². The molecule has 0 aromatic heterocycles. The molecule has 0 spiro atoms. The fraction of sp³-hybridized carbons (Fsp3) is 0.667. The van der Waals surface area contributed by atoms with Crippen LogP contribution in [0.25, 0.3) is 0 Å². The first-order valence-corrected chi connectivity index (χ1v) is 10.2. The SMILES string of the molecule is CC(CC(=O)NCC(c1ccc(F)cc1)N1CCOCC1)C1CCCNC1.Cl.Cl. The molecule has 1 aromatic carbocycles. The Morgan fingerprint density at radius 3 is 2.59 bits per heavy atom. The average molecular weight is 450 g/mol. The molecule has 29 heavy (non-hydrogen) atoms. The van der Waals surface area contributed by atoms with Crippen LogP contribution >= 0.6 is 24.8 Å². The Balaban J connectivity index is 0.00000210. The van der Waals surface area contributed by atoms with Crippen LogP contribution in [0.3, 0.4) is 0 Å². The fourth-order valence-corrected chi connectivity index (χ4v) is 4.14. The van der Waals surface area contributed by atoms with E-state index in [2.05, 4.69) is 22.5 Å². The molecule has 1 amide bonds. The second-order valence-corrected chi connectivity index (χ2v) is 7.81. The van der Waals surface area contributed by atoms with Crippen LogP contribution in [0, 0.1) is 17.7 Å². The summed E-state index contributed by atoms with van der Waals surface area (Å²) in [5, 5.41) is 6.55. The summed E-state index contributed by atoms with van der Waals surface area (Å²) in [7, 11) is 0. The second-order valence-electron chi connectivity index (χ2n) is 7.81. The first-order chi connectivity index (χ1) is 13.1. The van der Waals surface area contributed by atoms with E-state index in [1.54, 1.807) is 0 Å². The molecule has 166 valence electrons. The van der Waals surface area contributed by atoms with Gasteiger partial charge >= 0.3 is 0 Å². The lowest BCUT2D eigenvalue weighted by molar-refractivity contribution is -0.122. The van der Waals surface area contributed by atoms with Gasteiger partial charge in [-0.15, -0.1) is 24.8 Å². The van der Waals surface area contributed by atoms with Crippen LogP contribution in [0.4, 0.5) is 4.39 Å². The topological polar surface area (TPSA) is 53.6 Å². The number of ether oxygens (including phenoxy) is 1. The molecular formula is C21H34Cl2FN3O2. The predicted molar refractivity (Wildman–Crippen MR) is 118 cm³/mol. The number of halogens is 3. The first kappa shape index (κ1) is 26.1. The third-order valence-electron chi connectivity index (χ3n) is 5.88. The molecule has 0 aliphatic carbocycles. The van der Waals surface area contributed by atoms with Crippen molar-refractivity contribution in [3.05, 3.63) is 35.6 Å². The van der Waals surface area contributed by atoms with Crippen LogP contribution in [-0.4, -0.2) is 56.7 Å². The molecule has 2 aliphatic rings. The van der Waals surface area contributed by atoms with Gasteiger partial charge in [-0.25, -0.2) is 4.39 Å². The molecule has 3 rings (SSSR count). The molecule has 2 aliphatic heterocycles. The van der Waals surface area contributed by atoms with Crippen molar-refractivity contribution in [2.75, 3.05) is 45.9 Å². The molecule has 0 bridgehead atoms. The lowest BCUT2D eigenvalue weighted by Gasteiger charge is -2.35. The predicted octanol–water partition coefficient (Wildman–Crippen LogP) is 3.18. The van der Waals surface area contributed by atoms with Gasteiger partial charge in [0, 0.05) is 26.1 Å². The van der Waals surface area contributed by atoms with Crippen molar-refractivity contribution >= 4 is 30.7 Å². The number of piperidine rings is 1. The summed E-state index contributed by atoms with van der Waals surface area (Å²) in [6.07, 6.45) is 2.96. The molecule has 2 heterocycles. The third kappa shape index (κ3) is 8.02. The zero-order chi connectivity index (χ0) is 19.1. The average Bonchev–Trinajstić information content (AvgIpc) is 2.71. The maximum Gasteiger partial charge on any atom is 0.220 e. The van der Waals surface area contributed by atoms with Gasteiger partial charge in [0.2, 0.25) is 5.91 Å². The summed E-state index contributed by atoms with van der Waals surface area (Å²) in [5.41, 5.74) is 1.03. The normalized spacial score (nSPS) is 21.9. The number of benzene rings is 1. The van der Waals surface area contributed by atoms with Gasteiger partial charge < -0.3 is 15.4 Å². The number of rotatable bonds is 7. The van der Waals surface area contributed by atoms with Gasteiger partial charge in [-0.1, -0.05) is 19.1 Å². The second kappa shape index (κ2) is 13.4. The molecule has 1 aromatic rings. The van der Waals surface area contributed by atoms with Gasteiger partial charge in [-0.2, -0.15) is 0 Å². The summed E-state index contributed by atoms with van der Waals surface area (Å²) in [6, 6.07) is 6.66. The number of nitrogens with zero attached hydrogens (tertiary/aromatic N) is 1. The minimum Gasteiger partial charge on any atom is -0.379 e. The van der Waals surface area contributed by atoms with E-state index in [9.17, 15) is 9.18 Å². The van der Waals surface area contributed by atoms with E-state index in [1.165, 1.54) is 25.0 Å². The summed E-state index contributed by atoms with van der Waals surface area (Å²) < 4.78 is 18.8. The Morgan fingerprint density at radius 1 is 1.28 bits per heavy atom. The van der Waals surface area contributed by atoms with Crippen LogP contribution in [0.5, 0.6) is 0 Å². The van der Waals surface area contributed by atoms with Gasteiger partial charge in [-0.05, 0) is 55.5 Å². The van der Waals surface area contributed by atoms with Crippen LogP contribution in [0.15, 0.2) is 24.3 Å². The van der Waals surface area contributed by atoms with Crippen molar-refractivity contribution < 1.29 is 13.9 Å². The quantitative estimate of drug-likeness (QED) is 0.670. The highest BCUT2D eigenvalue weighted by Crippen LogP contribution is 2.24. The van der Waals surface area contributed by atoms with Crippen LogP contribution in [-0.2, 0) is 9.53 Å². The molecule has 3 atom stereocenters. The number of nitrogens with one attached hydrogen (secondary N) is 2. The smallest absolute Gasteiger partial charge is 0.220 e. The molecule has 0 radical (unpaired) electrons. The number of carbonyl (C=O) groups excluding carboxylic acids is 1. The Labute approximate surface area is 186 Å². The molecule has 2 fully saturated rings. The number of morpholine rings is 1. The van der Waals surface area contributed by atoms with Crippen molar-refractivity contribution in [1.82, 2.24) is 15.5 Å². The van der Waals surface area contributed by atoms with E-state index in [4.69, 9.17) is 4.74 Å². The Morgan fingerprint density at radius 2 is 1.97 bits per heavy atom. The van der Waals surface area contributed by atoms with Gasteiger partial charge in [0.05, 0.1) is 19.3 Å². The Hall–Kier alpha value is -0.920. The minimum absolute atomic E-state index is 0. The van der Waals surface area contributed by atoms with E-state index in [-0.39, 0.29) is 42.6 Å². The number of carbonyl (C=O) groups is 1. The summed E-state index contributed by atoms with van der Waals surface area (Å²) in [6.45, 7) is 7.85. The van der Waals surface area contributed by atoms with Crippen LogP contribution in [0.1, 0.15) is 37.8 Å². The first-order valence-electron chi connectivity index (χ1n) is 10.2. The van der Waals surface area contributed by atoms with Gasteiger partial charge in [-0.3, -0.25) is 9.69 Å². The number of hydrogen-bond donors (Lipinski definition) is 2. The lowest BCUT2D eigenvalue weighted by atomic mass is 9.85. The molecule has 2 saturated heterocycles. The Bertz CT molecular complexity index is 594. The lowest BCUT2D eigenvalue weighted by Crippen LogP contribution is -2.44. The van der Waals surface area contributed by atoms with Crippen molar-refractivity contribution in [2.45, 2.75) is 32.2 Å². The van der Waals surface area contributed by atoms with E-state index in [1.807, 2.05) is 12.1 Å². The maximum atomic E-state index is 13.3. The van der Waals surface area contributed by atoms with Gasteiger partial charge in [0.1, 0.15) is 5.82 Å². The molecule has 2 N–H and O–H groups in total. The van der Waals surface area contributed by atoms with Crippen molar-refractivity contribution in [3.63, 3.8) is 0 Å². The Kier molecular flexibility index (Phi) is 12.1. The molecule has 0 saturated carbocycles. The highest BCUT2D eigenvalue weighted by Gasteiger charge is 2.25. The highest BCUT2D eigenvalue weighted by atomic mass is 35.5.